The number of urea groups is 1. The lowest BCUT2D eigenvalue weighted by molar-refractivity contribution is -0.120. The highest BCUT2D eigenvalue weighted by Crippen LogP contribution is 2.26. The van der Waals surface area contributed by atoms with Gasteiger partial charge in [-0.3, -0.25) is 14.9 Å². The Labute approximate surface area is 114 Å². The lowest BCUT2D eigenvalue weighted by Crippen LogP contribution is -2.42. The number of rotatable bonds is 3. The van der Waals surface area contributed by atoms with Gasteiger partial charge in [-0.2, -0.15) is 0 Å². The largest absolute Gasteiger partial charge is 0.497 e. The number of hydrogen-bond acceptors (Lipinski definition) is 4. The first-order valence-corrected chi connectivity index (χ1v) is 6.16. The van der Waals surface area contributed by atoms with Crippen molar-refractivity contribution < 1.29 is 19.1 Å². The number of benzene rings is 1. The predicted octanol–water partition coefficient (Wildman–Crippen LogP) is -0.141. The Balaban J connectivity index is 1.77. The van der Waals surface area contributed by atoms with E-state index in [2.05, 4.69) is 10.6 Å². The summed E-state index contributed by atoms with van der Waals surface area (Å²) < 4.78 is 5.10. The van der Waals surface area contributed by atoms with Crippen LogP contribution < -0.4 is 15.4 Å². The molecule has 2 aliphatic heterocycles. The molecule has 0 saturated carbocycles. The third-order valence-electron chi connectivity index (χ3n) is 3.46. The van der Waals surface area contributed by atoms with Gasteiger partial charge >= 0.3 is 6.03 Å². The van der Waals surface area contributed by atoms with E-state index >= 15 is 0 Å². The molecule has 0 bridgehead atoms. The summed E-state index contributed by atoms with van der Waals surface area (Å²) in [7, 11) is 1.54. The molecule has 1 aromatic rings. The maximum absolute atomic E-state index is 12.3. The fraction of sp³-hybridized carbons (Fsp3) is 0.308. The second kappa shape index (κ2) is 4.52. The molecule has 7 nitrogen and oxygen atoms in total. The summed E-state index contributed by atoms with van der Waals surface area (Å²) in [6.45, 7) is 0.589. The molecule has 1 aromatic carbocycles. The number of nitrogens with one attached hydrogen (secondary N) is 2. The smallest absolute Gasteiger partial charge is 0.322 e. The van der Waals surface area contributed by atoms with Crippen LogP contribution in [0.3, 0.4) is 0 Å². The first-order valence-electron chi connectivity index (χ1n) is 6.16. The van der Waals surface area contributed by atoms with Crippen LogP contribution in [-0.4, -0.2) is 42.4 Å². The first-order chi connectivity index (χ1) is 9.58. The molecule has 1 fully saturated rings. The zero-order chi connectivity index (χ0) is 14.3. The van der Waals surface area contributed by atoms with E-state index in [1.807, 2.05) is 6.07 Å². The highest BCUT2D eigenvalue weighted by Gasteiger charge is 2.35. The van der Waals surface area contributed by atoms with E-state index in [1.165, 1.54) is 7.11 Å². The molecule has 2 aliphatic rings. The Morgan fingerprint density at radius 3 is 2.80 bits per heavy atom. The van der Waals surface area contributed by atoms with E-state index in [1.54, 1.807) is 17.0 Å². The number of fused-ring (bicyclic) bond motifs is 1. The van der Waals surface area contributed by atoms with Gasteiger partial charge in [0.1, 0.15) is 11.8 Å². The van der Waals surface area contributed by atoms with Gasteiger partial charge in [-0.05, 0) is 17.7 Å². The Morgan fingerprint density at radius 2 is 2.15 bits per heavy atom. The van der Waals surface area contributed by atoms with Crippen LogP contribution in [0.4, 0.5) is 4.79 Å². The van der Waals surface area contributed by atoms with E-state index < -0.39 is 18.0 Å². The predicted molar refractivity (Wildman–Crippen MR) is 68.2 cm³/mol. The van der Waals surface area contributed by atoms with Gasteiger partial charge in [0.2, 0.25) is 0 Å². The Bertz CT molecular complexity index is 614. The third kappa shape index (κ3) is 1.97. The molecule has 0 unspecified atom stereocenters. The van der Waals surface area contributed by atoms with Crippen molar-refractivity contribution in [3.05, 3.63) is 29.3 Å². The topological polar surface area (TPSA) is 87.7 Å². The van der Waals surface area contributed by atoms with Gasteiger partial charge in [0, 0.05) is 12.1 Å². The van der Waals surface area contributed by atoms with Crippen LogP contribution in [0.1, 0.15) is 15.9 Å². The molecule has 104 valence electrons. The minimum absolute atomic E-state index is 0.159. The number of carbonyl (C=O) groups is 3. The number of methoxy groups -OCH3 is 1. The Morgan fingerprint density at radius 1 is 1.35 bits per heavy atom. The Hall–Kier alpha value is -2.57. The van der Waals surface area contributed by atoms with E-state index in [-0.39, 0.29) is 12.5 Å². The lowest BCUT2D eigenvalue weighted by Gasteiger charge is -2.18. The fourth-order valence-electron chi connectivity index (χ4n) is 2.42. The van der Waals surface area contributed by atoms with Gasteiger partial charge in [-0.25, -0.2) is 4.79 Å². The molecule has 0 radical (unpaired) electrons. The van der Waals surface area contributed by atoms with Crippen molar-refractivity contribution in [3.8, 4) is 5.75 Å². The van der Waals surface area contributed by atoms with Crippen molar-refractivity contribution in [2.45, 2.75) is 12.6 Å². The molecule has 0 aliphatic carbocycles. The summed E-state index contributed by atoms with van der Waals surface area (Å²) >= 11 is 0. The molecule has 2 N–H and O–H groups in total. The minimum atomic E-state index is -0.692. The van der Waals surface area contributed by atoms with E-state index in [0.717, 1.165) is 5.56 Å². The monoisotopic (exact) mass is 275 g/mol. The van der Waals surface area contributed by atoms with Crippen LogP contribution in [-0.2, 0) is 11.3 Å². The molecule has 2 heterocycles. The number of imide groups is 1. The molecule has 0 spiro atoms. The lowest BCUT2D eigenvalue weighted by atomic mass is 10.1. The van der Waals surface area contributed by atoms with Gasteiger partial charge in [-0.1, -0.05) is 6.07 Å². The van der Waals surface area contributed by atoms with Gasteiger partial charge in [0.05, 0.1) is 13.7 Å². The van der Waals surface area contributed by atoms with E-state index in [9.17, 15) is 14.4 Å². The minimum Gasteiger partial charge on any atom is -0.497 e. The molecule has 20 heavy (non-hydrogen) atoms. The second-order valence-electron chi connectivity index (χ2n) is 4.72. The highest BCUT2D eigenvalue weighted by molar-refractivity contribution is 6.05. The highest BCUT2D eigenvalue weighted by atomic mass is 16.5. The number of nitrogens with zero attached hydrogens (tertiary/aromatic N) is 1. The molecule has 1 saturated heterocycles. The maximum atomic E-state index is 12.3. The van der Waals surface area contributed by atoms with Gasteiger partial charge in [0.25, 0.3) is 11.8 Å². The van der Waals surface area contributed by atoms with Crippen LogP contribution in [0.15, 0.2) is 18.2 Å². The van der Waals surface area contributed by atoms with Crippen molar-refractivity contribution in [2.75, 3.05) is 13.7 Å². The van der Waals surface area contributed by atoms with Crippen LogP contribution in [0, 0.1) is 0 Å². The fourth-order valence-corrected chi connectivity index (χ4v) is 2.42. The summed E-state index contributed by atoms with van der Waals surface area (Å²) in [6, 6.07) is 4.10. The van der Waals surface area contributed by atoms with Crippen molar-refractivity contribution in [3.63, 3.8) is 0 Å². The number of amides is 4. The van der Waals surface area contributed by atoms with E-state index in [4.69, 9.17) is 4.74 Å². The molecular formula is C13H13N3O4. The molecule has 4 amide bonds. The SMILES string of the molecule is COc1ccc2c(c1)C(=O)N(C[C@H]1NC(=O)NC1=O)C2. The standard InChI is InChI=1S/C13H13N3O4/c1-20-8-3-2-7-5-16(12(18)9(7)4-8)6-10-11(17)15-13(19)14-10/h2-4,10H,5-6H2,1H3,(H2,14,15,17,19)/t10-/m1/s1. The maximum Gasteiger partial charge on any atom is 0.322 e. The number of ether oxygens (including phenoxy) is 1. The van der Waals surface area contributed by atoms with Gasteiger partial charge in [-0.15, -0.1) is 0 Å². The molecule has 7 heteroatoms. The van der Waals surface area contributed by atoms with Crippen molar-refractivity contribution in [1.29, 1.82) is 0 Å². The Kier molecular flexibility index (Phi) is 2.81. The number of hydrogen-bond donors (Lipinski definition) is 2. The third-order valence-corrected chi connectivity index (χ3v) is 3.46. The summed E-state index contributed by atoms with van der Waals surface area (Å²) in [5.41, 5.74) is 1.47. The molecule has 0 aromatic heterocycles. The van der Waals surface area contributed by atoms with Gasteiger partial charge < -0.3 is 15.0 Å². The summed E-state index contributed by atoms with van der Waals surface area (Å²) in [6.07, 6.45) is 0. The summed E-state index contributed by atoms with van der Waals surface area (Å²) in [4.78, 5) is 36.4. The van der Waals surface area contributed by atoms with E-state index in [0.29, 0.717) is 17.9 Å². The van der Waals surface area contributed by atoms with Gasteiger partial charge in [0.15, 0.2) is 0 Å². The average Bonchev–Trinajstić information content (AvgIpc) is 2.91. The van der Waals surface area contributed by atoms with Crippen molar-refractivity contribution >= 4 is 17.8 Å². The zero-order valence-electron chi connectivity index (χ0n) is 10.8. The normalized spacial score (nSPS) is 20.8. The summed E-state index contributed by atoms with van der Waals surface area (Å²) in [5, 5.41) is 4.63. The average molecular weight is 275 g/mol. The van der Waals surface area contributed by atoms with Crippen molar-refractivity contribution in [1.82, 2.24) is 15.5 Å². The van der Waals surface area contributed by atoms with Crippen LogP contribution in [0.25, 0.3) is 0 Å². The number of carbonyl (C=O) groups excluding carboxylic acids is 3. The van der Waals surface area contributed by atoms with Crippen LogP contribution >= 0.6 is 0 Å². The molecule has 1 atom stereocenters. The summed E-state index contributed by atoms with van der Waals surface area (Å²) in [5.74, 6) is 0.0510. The second-order valence-corrected chi connectivity index (χ2v) is 4.72. The van der Waals surface area contributed by atoms with Crippen LogP contribution in [0.2, 0.25) is 0 Å². The quantitative estimate of drug-likeness (QED) is 0.751. The zero-order valence-corrected chi connectivity index (χ0v) is 10.8. The molecular weight excluding hydrogens is 262 g/mol. The first kappa shape index (κ1) is 12.5. The molecule has 3 rings (SSSR count). The van der Waals surface area contributed by atoms with Crippen LogP contribution in [0.5, 0.6) is 5.75 Å². The van der Waals surface area contributed by atoms with Crippen molar-refractivity contribution in [2.24, 2.45) is 0 Å².